The molecule has 17 heavy (non-hydrogen) atoms. The first-order valence-electron chi connectivity index (χ1n) is 5.76. The second-order valence-corrected chi connectivity index (χ2v) is 5.56. The fourth-order valence-corrected chi connectivity index (χ4v) is 1.39. The van der Waals surface area contributed by atoms with Crippen molar-refractivity contribution in [1.82, 2.24) is 0 Å². The molecule has 0 aliphatic rings. The van der Waals surface area contributed by atoms with E-state index in [1.54, 1.807) is 20.8 Å². The van der Waals surface area contributed by atoms with E-state index in [9.17, 15) is 9.59 Å². The number of carboxylic acids is 1. The second kappa shape index (κ2) is 6.00. The molecule has 0 aliphatic carbocycles. The Morgan fingerprint density at radius 2 is 1.76 bits per heavy atom. The van der Waals surface area contributed by atoms with Crippen molar-refractivity contribution in [2.24, 2.45) is 17.6 Å². The number of hydrogen-bond acceptors (Lipinski definition) is 4. The van der Waals surface area contributed by atoms with Gasteiger partial charge in [-0.15, -0.1) is 0 Å². The van der Waals surface area contributed by atoms with E-state index in [2.05, 4.69) is 0 Å². The zero-order valence-electron chi connectivity index (χ0n) is 11.2. The first-order chi connectivity index (χ1) is 7.54. The van der Waals surface area contributed by atoms with Crippen LogP contribution in [0.4, 0.5) is 0 Å². The van der Waals surface area contributed by atoms with E-state index in [1.807, 2.05) is 13.8 Å². The lowest BCUT2D eigenvalue weighted by molar-refractivity contribution is -0.162. The molecule has 5 nitrogen and oxygen atoms in total. The van der Waals surface area contributed by atoms with Gasteiger partial charge in [0.1, 0.15) is 11.6 Å². The fraction of sp³-hybridized carbons (Fsp3) is 0.833. The maximum absolute atomic E-state index is 11.9. The Morgan fingerprint density at radius 3 is 2.06 bits per heavy atom. The van der Waals surface area contributed by atoms with E-state index in [1.165, 1.54) is 0 Å². The normalized spacial score (nSPS) is 15.5. The standard InChI is InChI=1S/C12H23NO4/c1-7(2)8(6-9(13)10(14)15)11(16)17-12(3,4)5/h7-9H,6,13H2,1-5H3,(H,14,15). The van der Waals surface area contributed by atoms with Crippen molar-refractivity contribution in [3.63, 3.8) is 0 Å². The topological polar surface area (TPSA) is 89.6 Å². The Balaban J connectivity index is 4.64. The quantitative estimate of drug-likeness (QED) is 0.715. The van der Waals surface area contributed by atoms with Crippen LogP contribution in [0.5, 0.6) is 0 Å². The maximum Gasteiger partial charge on any atom is 0.320 e. The number of rotatable bonds is 5. The summed E-state index contributed by atoms with van der Waals surface area (Å²) in [5.41, 5.74) is 4.88. The van der Waals surface area contributed by atoms with Crippen LogP contribution in [0.25, 0.3) is 0 Å². The lowest BCUT2D eigenvalue weighted by Gasteiger charge is -2.26. The minimum atomic E-state index is -1.10. The molecule has 0 aromatic heterocycles. The van der Waals surface area contributed by atoms with Gasteiger partial charge >= 0.3 is 11.9 Å². The largest absolute Gasteiger partial charge is 0.480 e. The molecular weight excluding hydrogens is 222 g/mol. The van der Waals surface area contributed by atoms with Crippen molar-refractivity contribution < 1.29 is 19.4 Å². The van der Waals surface area contributed by atoms with E-state index in [0.29, 0.717) is 0 Å². The van der Waals surface area contributed by atoms with Crippen molar-refractivity contribution in [3.05, 3.63) is 0 Å². The number of carboxylic acid groups (broad SMARTS) is 1. The predicted molar refractivity (Wildman–Crippen MR) is 64.4 cm³/mol. The lowest BCUT2D eigenvalue weighted by atomic mass is 9.89. The average molecular weight is 245 g/mol. The molecule has 0 bridgehead atoms. The van der Waals surface area contributed by atoms with Crippen LogP contribution < -0.4 is 5.73 Å². The van der Waals surface area contributed by atoms with E-state index in [-0.39, 0.29) is 18.3 Å². The van der Waals surface area contributed by atoms with Crippen LogP contribution in [-0.2, 0) is 14.3 Å². The molecule has 0 saturated heterocycles. The molecule has 0 rings (SSSR count). The molecular formula is C12H23NO4. The zero-order valence-corrected chi connectivity index (χ0v) is 11.2. The molecule has 0 fully saturated rings. The highest BCUT2D eigenvalue weighted by Gasteiger charge is 2.31. The van der Waals surface area contributed by atoms with Crippen LogP contribution in [0.1, 0.15) is 41.0 Å². The van der Waals surface area contributed by atoms with E-state index < -0.39 is 23.5 Å². The predicted octanol–water partition coefficient (Wildman–Crippen LogP) is 1.40. The molecule has 5 heteroatoms. The van der Waals surface area contributed by atoms with Gasteiger partial charge in [0.25, 0.3) is 0 Å². The highest BCUT2D eigenvalue weighted by molar-refractivity contribution is 5.77. The van der Waals surface area contributed by atoms with Crippen molar-refractivity contribution in [2.75, 3.05) is 0 Å². The van der Waals surface area contributed by atoms with Crippen LogP contribution >= 0.6 is 0 Å². The van der Waals surface area contributed by atoms with Crippen LogP contribution in [-0.4, -0.2) is 28.7 Å². The van der Waals surface area contributed by atoms with Crippen molar-refractivity contribution in [1.29, 1.82) is 0 Å². The number of hydrogen-bond donors (Lipinski definition) is 2. The molecule has 0 aromatic rings. The maximum atomic E-state index is 11.9. The van der Waals surface area contributed by atoms with Gasteiger partial charge in [0, 0.05) is 0 Å². The van der Waals surface area contributed by atoms with Crippen LogP contribution in [0.15, 0.2) is 0 Å². The summed E-state index contributed by atoms with van der Waals surface area (Å²) in [6, 6.07) is -1.03. The summed E-state index contributed by atoms with van der Waals surface area (Å²) in [5.74, 6) is -1.97. The summed E-state index contributed by atoms with van der Waals surface area (Å²) in [6.07, 6.45) is 0.0991. The van der Waals surface area contributed by atoms with Gasteiger partial charge in [0.15, 0.2) is 0 Å². The molecule has 0 saturated carbocycles. The first-order valence-corrected chi connectivity index (χ1v) is 5.76. The summed E-state index contributed by atoms with van der Waals surface area (Å²) >= 11 is 0. The molecule has 0 radical (unpaired) electrons. The van der Waals surface area contributed by atoms with Gasteiger partial charge in [-0.2, -0.15) is 0 Å². The van der Waals surface area contributed by atoms with Crippen LogP contribution in [0.3, 0.4) is 0 Å². The molecule has 0 heterocycles. The molecule has 2 unspecified atom stereocenters. The van der Waals surface area contributed by atoms with Crippen molar-refractivity contribution in [3.8, 4) is 0 Å². The highest BCUT2D eigenvalue weighted by Crippen LogP contribution is 2.21. The van der Waals surface area contributed by atoms with Gasteiger partial charge in [-0.1, -0.05) is 13.8 Å². The minimum absolute atomic E-state index is 0.00440. The third-order valence-electron chi connectivity index (χ3n) is 2.34. The number of ether oxygens (including phenoxy) is 1. The van der Waals surface area contributed by atoms with Gasteiger partial charge in [-0.25, -0.2) is 0 Å². The lowest BCUT2D eigenvalue weighted by Crippen LogP contribution is -2.38. The Bertz CT molecular complexity index is 281. The molecule has 0 aromatic carbocycles. The SMILES string of the molecule is CC(C)C(CC(N)C(=O)O)C(=O)OC(C)(C)C. The minimum Gasteiger partial charge on any atom is -0.480 e. The molecule has 2 atom stereocenters. The summed E-state index contributed by atoms with van der Waals surface area (Å²) in [4.78, 5) is 22.6. The summed E-state index contributed by atoms with van der Waals surface area (Å²) in [7, 11) is 0. The Labute approximate surface area is 102 Å². The highest BCUT2D eigenvalue weighted by atomic mass is 16.6. The first kappa shape index (κ1) is 15.9. The second-order valence-electron chi connectivity index (χ2n) is 5.56. The Hall–Kier alpha value is -1.10. The van der Waals surface area contributed by atoms with Gasteiger partial charge in [-0.3, -0.25) is 9.59 Å². The monoisotopic (exact) mass is 245 g/mol. The number of carbonyl (C=O) groups excluding carboxylic acids is 1. The van der Waals surface area contributed by atoms with Gasteiger partial charge in [0.05, 0.1) is 5.92 Å². The average Bonchev–Trinajstić information content (AvgIpc) is 2.09. The number of nitrogens with two attached hydrogens (primary N) is 1. The molecule has 0 aliphatic heterocycles. The van der Waals surface area contributed by atoms with Crippen molar-refractivity contribution >= 4 is 11.9 Å². The van der Waals surface area contributed by atoms with Gasteiger partial charge in [-0.05, 0) is 33.1 Å². The Kier molecular flexibility index (Phi) is 5.61. The number of aliphatic carboxylic acids is 1. The zero-order chi connectivity index (χ0) is 13.8. The summed E-state index contributed by atoms with van der Waals surface area (Å²) in [6.45, 7) is 9.03. The van der Waals surface area contributed by atoms with E-state index >= 15 is 0 Å². The van der Waals surface area contributed by atoms with E-state index in [0.717, 1.165) is 0 Å². The smallest absolute Gasteiger partial charge is 0.320 e. The summed E-state index contributed by atoms with van der Waals surface area (Å²) in [5, 5.41) is 8.75. The van der Waals surface area contributed by atoms with Gasteiger partial charge in [0.2, 0.25) is 0 Å². The third-order valence-corrected chi connectivity index (χ3v) is 2.34. The molecule has 0 spiro atoms. The molecule has 3 N–H and O–H groups in total. The Morgan fingerprint density at radius 1 is 1.29 bits per heavy atom. The molecule has 0 amide bonds. The summed E-state index contributed by atoms with van der Waals surface area (Å²) < 4.78 is 5.25. The number of carbonyl (C=O) groups is 2. The van der Waals surface area contributed by atoms with Crippen molar-refractivity contribution in [2.45, 2.75) is 52.7 Å². The fourth-order valence-electron chi connectivity index (χ4n) is 1.39. The van der Waals surface area contributed by atoms with Crippen LogP contribution in [0.2, 0.25) is 0 Å². The third kappa shape index (κ3) is 6.26. The van der Waals surface area contributed by atoms with E-state index in [4.69, 9.17) is 15.6 Å². The molecule has 100 valence electrons. The van der Waals surface area contributed by atoms with Crippen LogP contribution in [0, 0.1) is 11.8 Å². The van der Waals surface area contributed by atoms with Gasteiger partial charge < -0.3 is 15.6 Å². The number of esters is 1.